The first kappa shape index (κ1) is 16.4. The predicted octanol–water partition coefficient (Wildman–Crippen LogP) is 1.95. The lowest BCUT2D eigenvalue weighted by Crippen LogP contribution is -2.37. The maximum Gasteiger partial charge on any atom is 0.327 e. The highest BCUT2D eigenvalue weighted by molar-refractivity contribution is 5.93. The minimum absolute atomic E-state index is 0.102. The van der Waals surface area contributed by atoms with Crippen molar-refractivity contribution in [2.45, 2.75) is 51.5 Å². The topological polar surface area (TPSA) is 84.9 Å². The molecule has 0 spiro atoms. The van der Waals surface area contributed by atoms with E-state index in [-0.39, 0.29) is 17.9 Å². The van der Waals surface area contributed by atoms with Crippen molar-refractivity contribution in [1.82, 2.24) is 19.9 Å². The fraction of sp³-hybridized carbons (Fsp3) is 0.706. The summed E-state index contributed by atoms with van der Waals surface area (Å²) in [4.78, 5) is 19.2. The number of amides is 1. The molecule has 1 aliphatic carbocycles. The van der Waals surface area contributed by atoms with Gasteiger partial charge in [0.25, 0.3) is 5.91 Å². The molecular weight excluding hydrogens is 322 g/mol. The summed E-state index contributed by atoms with van der Waals surface area (Å²) in [5.41, 5.74) is 0.775. The first-order valence-corrected chi connectivity index (χ1v) is 9.16. The summed E-state index contributed by atoms with van der Waals surface area (Å²) in [6.07, 6.45) is 4.43. The number of aromatic nitrogens is 3. The fourth-order valence-corrected chi connectivity index (χ4v) is 3.64. The van der Waals surface area contributed by atoms with E-state index in [2.05, 4.69) is 20.3 Å². The molecule has 4 rings (SSSR count). The molecule has 2 fully saturated rings. The summed E-state index contributed by atoms with van der Waals surface area (Å²) in [5, 5.41) is 7.69. The summed E-state index contributed by atoms with van der Waals surface area (Å²) in [7, 11) is 0. The fourth-order valence-electron chi connectivity index (χ4n) is 3.64. The van der Waals surface area contributed by atoms with Crippen LogP contribution in [0.2, 0.25) is 0 Å². The van der Waals surface area contributed by atoms with Gasteiger partial charge in [-0.1, -0.05) is 26.7 Å². The molecule has 25 heavy (non-hydrogen) atoms. The summed E-state index contributed by atoms with van der Waals surface area (Å²) < 4.78 is 12.9. The molecule has 0 radical (unpaired) electrons. The second kappa shape index (κ2) is 6.67. The summed E-state index contributed by atoms with van der Waals surface area (Å²) in [6, 6.07) is 0.252. The molecular formula is C17H25N5O3. The number of nitrogens with zero attached hydrogens (tertiary/aromatic N) is 4. The molecule has 1 amide bonds. The average molecular weight is 347 g/mol. The first-order valence-electron chi connectivity index (χ1n) is 9.16. The molecule has 0 unspecified atom stereocenters. The van der Waals surface area contributed by atoms with Gasteiger partial charge in [-0.15, -0.1) is 5.10 Å². The molecule has 0 bridgehead atoms. The van der Waals surface area contributed by atoms with Crippen molar-refractivity contribution in [2.24, 2.45) is 0 Å². The van der Waals surface area contributed by atoms with Crippen LogP contribution in [-0.4, -0.2) is 52.9 Å². The van der Waals surface area contributed by atoms with Crippen LogP contribution in [-0.2, 0) is 4.74 Å². The first-order chi connectivity index (χ1) is 12.1. The van der Waals surface area contributed by atoms with E-state index in [9.17, 15) is 4.79 Å². The molecule has 1 saturated carbocycles. The smallest absolute Gasteiger partial charge is 0.327 e. The number of fused-ring (bicyclic) bond motifs is 1. The van der Waals surface area contributed by atoms with Crippen LogP contribution in [0.4, 0.5) is 5.95 Å². The average Bonchev–Trinajstić information content (AvgIpc) is 3.30. The van der Waals surface area contributed by atoms with Gasteiger partial charge in [0.1, 0.15) is 0 Å². The van der Waals surface area contributed by atoms with Crippen LogP contribution in [0.25, 0.3) is 5.84 Å². The second-order valence-corrected chi connectivity index (χ2v) is 7.13. The van der Waals surface area contributed by atoms with Crippen molar-refractivity contribution in [3.8, 4) is 0 Å². The van der Waals surface area contributed by atoms with E-state index in [1.807, 2.05) is 13.8 Å². The molecule has 2 aromatic rings. The molecule has 1 aliphatic heterocycles. The zero-order chi connectivity index (χ0) is 17.4. The van der Waals surface area contributed by atoms with Crippen LogP contribution in [0.3, 0.4) is 0 Å². The number of carbonyl (C=O) groups excluding carboxylic acids is 1. The van der Waals surface area contributed by atoms with Crippen LogP contribution >= 0.6 is 0 Å². The van der Waals surface area contributed by atoms with Crippen LogP contribution in [0.15, 0.2) is 4.42 Å². The van der Waals surface area contributed by atoms with Gasteiger partial charge in [0.15, 0.2) is 0 Å². The second-order valence-electron chi connectivity index (χ2n) is 7.13. The molecule has 8 heteroatoms. The van der Waals surface area contributed by atoms with Gasteiger partial charge in [-0.05, 0) is 18.8 Å². The van der Waals surface area contributed by atoms with Crippen molar-refractivity contribution >= 4 is 17.7 Å². The van der Waals surface area contributed by atoms with E-state index >= 15 is 0 Å². The Kier molecular flexibility index (Phi) is 4.37. The third kappa shape index (κ3) is 3.10. The molecule has 1 N–H and O–H groups in total. The SMILES string of the molecule is CC(C)c1c(C(=O)NC2CCCC2)oc2nc(N3CCOCC3)nn12. The minimum atomic E-state index is -0.157. The van der Waals surface area contributed by atoms with Crippen LogP contribution in [0.5, 0.6) is 0 Å². The molecule has 3 heterocycles. The van der Waals surface area contributed by atoms with Crippen LogP contribution < -0.4 is 10.2 Å². The molecule has 8 nitrogen and oxygen atoms in total. The number of hydrogen-bond acceptors (Lipinski definition) is 6. The van der Waals surface area contributed by atoms with Gasteiger partial charge >= 0.3 is 5.84 Å². The highest BCUT2D eigenvalue weighted by atomic mass is 16.5. The zero-order valence-corrected chi connectivity index (χ0v) is 14.8. The van der Waals surface area contributed by atoms with Crippen molar-refractivity contribution in [2.75, 3.05) is 31.2 Å². The van der Waals surface area contributed by atoms with Crippen molar-refractivity contribution in [1.29, 1.82) is 0 Å². The van der Waals surface area contributed by atoms with Gasteiger partial charge in [0, 0.05) is 19.1 Å². The Bertz CT molecular complexity index is 754. The number of oxazole rings is 1. The monoisotopic (exact) mass is 347 g/mol. The van der Waals surface area contributed by atoms with Crippen LogP contribution in [0, 0.1) is 0 Å². The minimum Gasteiger partial charge on any atom is -0.416 e. The summed E-state index contributed by atoms with van der Waals surface area (Å²) in [6.45, 7) is 6.94. The number of ether oxygens (including phenoxy) is 1. The van der Waals surface area contributed by atoms with E-state index in [0.717, 1.165) is 31.6 Å². The number of rotatable bonds is 4. The maximum atomic E-state index is 12.7. The highest BCUT2D eigenvalue weighted by Gasteiger charge is 2.29. The van der Waals surface area contributed by atoms with Gasteiger partial charge in [0.05, 0.1) is 18.9 Å². The Labute approximate surface area is 146 Å². The lowest BCUT2D eigenvalue weighted by Gasteiger charge is -2.25. The van der Waals surface area contributed by atoms with E-state index in [1.54, 1.807) is 4.52 Å². The van der Waals surface area contributed by atoms with E-state index in [0.29, 0.717) is 30.8 Å². The van der Waals surface area contributed by atoms with E-state index in [4.69, 9.17) is 9.15 Å². The van der Waals surface area contributed by atoms with Gasteiger partial charge in [-0.3, -0.25) is 4.79 Å². The number of nitrogens with one attached hydrogen (secondary N) is 1. The predicted molar refractivity (Wildman–Crippen MR) is 92.1 cm³/mol. The number of hydrogen-bond donors (Lipinski definition) is 1. The van der Waals surface area contributed by atoms with Gasteiger partial charge in [-0.25, -0.2) is 0 Å². The lowest BCUT2D eigenvalue weighted by molar-refractivity contribution is 0.0909. The quantitative estimate of drug-likeness (QED) is 0.910. The lowest BCUT2D eigenvalue weighted by atomic mass is 10.1. The largest absolute Gasteiger partial charge is 0.416 e. The van der Waals surface area contributed by atoms with Crippen molar-refractivity contribution in [3.63, 3.8) is 0 Å². The van der Waals surface area contributed by atoms with Gasteiger partial charge in [0.2, 0.25) is 11.7 Å². The van der Waals surface area contributed by atoms with Crippen molar-refractivity contribution in [3.05, 3.63) is 11.5 Å². The summed E-state index contributed by atoms with van der Waals surface area (Å²) >= 11 is 0. The Morgan fingerprint density at radius 3 is 2.64 bits per heavy atom. The Morgan fingerprint density at radius 1 is 1.24 bits per heavy atom. The molecule has 2 aromatic heterocycles. The molecule has 0 atom stereocenters. The summed E-state index contributed by atoms with van der Waals surface area (Å²) in [5.74, 6) is 1.29. The third-order valence-electron chi connectivity index (χ3n) is 4.96. The number of carbonyl (C=O) groups is 1. The molecule has 2 aliphatic rings. The Hall–Kier alpha value is -2.09. The van der Waals surface area contributed by atoms with Crippen LogP contribution in [0.1, 0.15) is 61.7 Å². The number of anilines is 1. The van der Waals surface area contributed by atoms with Gasteiger partial charge < -0.3 is 19.4 Å². The standard InChI is InChI=1S/C17H25N5O3/c1-11(2)13-14(15(23)18-12-5-3-4-6-12)25-17-19-16(20-22(13)17)21-7-9-24-10-8-21/h11-12H,3-10H2,1-2H3,(H,18,23). The van der Waals surface area contributed by atoms with E-state index < -0.39 is 0 Å². The molecule has 136 valence electrons. The number of morpholine rings is 1. The molecule has 0 aromatic carbocycles. The van der Waals surface area contributed by atoms with Crippen molar-refractivity contribution < 1.29 is 13.9 Å². The van der Waals surface area contributed by atoms with E-state index in [1.165, 1.54) is 12.8 Å². The Morgan fingerprint density at radius 2 is 1.96 bits per heavy atom. The third-order valence-corrected chi connectivity index (χ3v) is 4.96. The zero-order valence-electron chi connectivity index (χ0n) is 14.8. The Balaban J connectivity index is 1.64. The maximum absolute atomic E-state index is 12.7. The normalized spacial score (nSPS) is 19.2. The molecule has 1 saturated heterocycles. The van der Waals surface area contributed by atoms with Gasteiger partial charge in [-0.2, -0.15) is 9.50 Å². The highest BCUT2D eigenvalue weighted by Crippen LogP contribution is 2.26.